The van der Waals surface area contributed by atoms with Gasteiger partial charge in [0.25, 0.3) is 0 Å². The molecule has 0 aliphatic heterocycles. The van der Waals surface area contributed by atoms with Crippen molar-refractivity contribution in [2.45, 2.75) is 7.35 Å². The maximum atomic E-state index is 2.52. The van der Waals surface area contributed by atoms with E-state index in [1.54, 1.807) is 22.0 Å². The van der Waals surface area contributed by atoms with E-state index >= 15 is 0 Å². The minimum absolute atomic E-state index is 0. The molecule has 0 saturated carbocycles. The first-order valence-electron chi connectivity index (χ1n) is 9.16. The van der Waals surface area contributed by atoms with Crippen molar-refractivity contribution >= 4 is 14.0 Å². The van der Waals surface area contributed by atoms with Gasteiger partial charge in [-0.1, -0.05) is 0 Å². The standard InChI is InChI=1S/C13H9.C11H12P.2FH.Hf/c1-3-7-12-10(5-1)9-11-6-2-4-8-13(11)12;1-12(2)11-7-9-5-3-4-6-10(9)8-11;;;/h1-9H;3-8H,1-2H3;2*1H;/q;;;;+2/p-2. The molecule has 140 valence electrons. The van der Waals surface area contributed by atoms with Crippen LogP contribution in [0.25, 0.3) is 17.2 Å². The number of fused-ring (bicyclic) bond motifs is 4. The van der Waals surface area contributed by atoms with Gasteiger partial charge in [0.2, 0.25) is 0 Å². The van der Waals surface area contributed by atoms with Crippen LogP contribution in [0.2, 0.25) is 0 Å². The van der Waals surface area contributed by atoms with E-state index in [0.717, 1.165) is 3.67 Å². The fourth-order valence-electron chi connectivity index (χ4n) is 4.37. The summed E-state index contributed by atoms with van der Waals surface area (Å²) in [5.41, 5.74) is 9.25. The Morgan fingerprint density at radius 1 is 0.643 bits per heavy atom. The average molecular weight is 557 g/mol. The summed E-state index contributed by atoms with van der Waals surface area (Å²) in [6, 6.07) is 27.4. The quantitative estimate of drug-likeness (QED) is 0.329. The zero-order valence-electron chi connectivity index (χ0n) is 15.9. The molecule has 3 aromatic carbocycles. The normalized spacial score (nSPS) is 16.2. The number of halogens is 2. The van der Waals surface area contributed by atoms with Crippen molar-refractivity contribution in [2.75, 3.05) is 13.3 Å². The molecule has 28 heavy (non-hydrogen) atoms. The van der Waals surface area contributed by atoms with Crippen molar-refractivity contribution in [1.29, 1.82) is 0 Å². The number of benzene rings is 3. The molecule has 0 bridgehead atoms. The predicted octanol–water partition coefficient (Wildman–Crippen LogP) is 0.684. The van der Waals surface area contributed by atoms with Gasteiger partial charge in [-0.2, -0.15) is 0 Å². The Labute approximate surface area is 177 Å². The van der Waals surface area contributed by atoms with Crippen LogP contribution in [0.15, 0.2) is 78.1 Å². The Bertz CT molecular complexity index is 983. The van der Waals surface area contributed by atoms with Crippen molar-refractivity contribution in [3.8, 4) is 11.1 Å². The molecule has 2 aliphatic carbocycles. The Morgan fingerprint density at radius 2 is 1.14 bits per heavy atom. The first-order chi connectivity index (χ1) is 12.7. The monoisotopic (exact) mass is 558 g/mol. The van der Waals surface area contributed by atoms with Crippen LogP contribution >= 0.6 is 7.92 Å². The average Bonchev–Trinajstić information content (AvgIpc) is 3.20. The molecule has 0 nitrogen and oxygen atoms in total. The van der Waals surface area contributed by atoms with Crippen molar-refractivity contribution in [3.05, 3.63) is 100 Å². The molecule has 0 spiro atoms. The van der Waals surface area contributed by atoms with E-state index in [9.17, 15) is 0 Å². The molecular weight excluding hydrogens is 536 g/mol. The zero-order chi connectivity index (χ0) is 17.7. The molecule has 1 atom stereocenters. The molecule has 0 radical (unpaired) electrons. The van der Waals surface area contributed by atoms with Gasteiger partial charge in [-0.3, -0.25) is 0 Å². The van der Waals surface area contributed by atoms with E-state index in [2.05, 4.69) is 92.2 Å². The second kappa shape index (κ2) is 8.51. The molecular formula is C24H21F2HfP. The van der Waals surface area contributed by atoms with Crippen molar-refractivity contribution in [3.63, 3.8) is 0 Å². The van der Waals surface area contributed by atoms with Gasteiger partial charge < -0.3 is 9.41 Å². The maximum Gasteiger partial charge on any atom is -1.00 e. The summed E-state index contributed by atoms with van der Waals surface area (Å²) in [6.45, 7) is 4.86. The molecule has 0 amide bonds. The van der Waals surface area contributed by atoms with Crippen LogP contribution in [0.1, 0.15) is 29.6 Å². The third-order valence-electron chi connectivity index (χ3n) is 5.59. The van der Waals surface area contributed by atoms with Crippen LogP contribution in [0.5, 0.6) is 0 Å². The minimum Gasteiger partial charge on any atom is -1.00 e. The van der Waals surface area contributed by atoms with Gasteiger partial charge >= 0.3 is 169 Å². The van der Waals surface area contributed by atoms with Gasteiger partial charge in [-0.15, -0.1) is 0 Å². The van der Waals surface area contributed by atoms with E-state index in [1.807, 2.05) is 0 Å². The van der Waals surface area contributed by atoms with E-state index in [4.69, 9.17) is 0 Å². The fraction of sp³-hybridized carbons (Fsp3) is 0.167. The molecule has 2 aliphatic rings. The molecule has 3 aromatic rings. The molecule has 5 rings (SSSR count). The Hall–Kier alpha value is -1.44. The van der Waals surface area contributed by atoms with Crippen LogP contribution in [-0.2, 0) is 22.9 Å². The second-order valence-corrected chi connectivity index (χ2v) is 15.0. The topological polar surface area (TPSA) is 0 Å². The molecule has 1 unspecified atom stereocenters. The summed E-state index contributed by atoms with van der Waals surface area (Å²) in [4.78, 5) is 0. The summed E-state index contributed by atoms with van der Waals surface area (Å²) in [5, 5.41) is 1.74. The first kappa shape index (κ1) is 21.3. The third-order valence-corrected chi connectivity index (χ3v) is 14.7. The van der Waals surface area contributed by atoms with Crippen LogP contribution in [0.3, 0.4) is 0 Å². The fourth-order valence-corrected chi connectivity index (χ4v) is 15.6. The molecule has 0 N–H and O–H groups in total. The van der Waals surface area contributed by atoms with Crippen LogP contribution in [0.4, 0.5) is 0 Å². The SMILES string of the molecule is CP(C)C1=Cc2ccccc2[CH]1[Hf+2][CH]1c2ccccc2-c2ccccc21.[F-].[F-]. The summed E-state index contributed by atoms with van der Waals surface area (Å²) in [5.74, 6) is 0. The number of rotatable bonds is 3. The minimum atomic E-state index is -1.04. The summed E-state index contributed by atoms with van der Waals surface area (Å²) < 4.78 is 1.44. The van der Waals surface area contributed by atoms with Crippen molar-refractivity contribution < 1.29 is 32.3 Å². The van der Waals surface area contributed by atoms with Crippen molar-refractivity contribution in [1.82, 2.24) is 0 Å². The van der Waals surface area contributed by atoms with E-state index in [-0.39, 0.29) is 17.3 Å². The molecule has 0 aromatic heterocycles. The van der Waals surface area contributed by atoms with Crippen LogP contribution in [-0.4, -0.2) is 13.3 Å². The number of hydrogen-bond acceptors (Lipinski definition) is 0. The van der Waals surface area contributed by atoms with Crippen LogP contribution in [0, 0.1) is 0 Å². The largest absolute Gasteiger partial charge is 1.00 e. The summed E-state index contributed by atoms with van der Waals surface area (Å²) in [7, 11) is -0.0323. The van der Waals surface area contributed by atoms with Crippen molar-refractivity contribution in [2.24, 2.45) is 0 Å². The molecule has 4 heteroatoms. The predicted molar refractivity (Wildman–Crippen MR) is 110 cm³/mol. The van der Waals surface area contributed by atoms with Gasteiger partial charge in [0, 0.05) is 0 Å². The first-order valence-corrected chi connectivity index (χ1v) is 15.5. The summed E-state index contributed by atoms with van der Waals surface area (Å²) >= 11 is -1.04. The second-order valence-electron chi connectivity index (χ2n) is 7.30. The van der Waals surface area contributed by atoms with Gasteiger partial charge in [-0.05, 0) is 0 Å². The number of allylic oxidation sites excluding steroid dienone is 1. The molecule has 0 heterocycles. The van der Waals surface area contributed by atoms with Gasteiger partial charge in [0.1, 0.15) is 0 Å². The Morgan fingerprint density at radius 3 is 1.71 bits per heavy atom. The number of hydrogen-bond donors (Lipinski definition) is 0. The smallest absolute Gasteiger partial charge is 1.00 e. The van der Waals surface area contributed by atoms with Gasteiger partial charge in [0.15, 0.2) is 0 Å². The van der Waals surface area contributed by atoms with Crippen LogP contribution < -0.4 is 9.41 Å². The maximum absolute atomic E-state index is 2.52. The Kier molecular flexibility index (Phi) is 6.47. The Balaban J connectivity index is 0.00000112. The van der Waals surface area contributed by atoms with E-state index in [0.29, 0.717) is 3.67 Å². The van der Waals surface area contributed by atoms with E-state index < -0.39 is 22.9 Å². The van der Waals surface area contributed by atoms with Gasteiger partial charge in [-0.25, -0.2) is 0 Å². The summed E-state index contributed by atoms with van der Waals surface area (Å²) in [6.07, 6.45) is 2.52. The molecule has 0 saturated heterocycles. The van der Waals surface area contributed by atoms with E-state index in [1.165, 1.54) is 16.7 Å². The van der Waals surface area contributed by atoms with Gasteiger partial charge in [0.05, 0.1) is 0 Å². The zero-order valence-corrected chi connectivity index (χ0v) is 20.4. The third kappa shape index (κ3) is 3.37. The molecule has 0 fully saturated rings.